The minimum Gasteiger partial charge on any atom is -0.380 e. The molecular formula is C13H21N3O. The maximum atomic E-state index is 5.84. The molecule has 4 nitrogen and oxygen atoms in total. The topological polar surface area (TPSA) is 51.4 Å². The zero-order valence-electron chi connectivity index (χ0n) is 10.9. The number of aryl methyl sites for hydroxylation is 2. The first-order chi connectivity index (χ1) is 8.15. The van der Waals surface area contributed by atoms with Crippen LogP contribution in [0.4, 0.5) is 5.82 Å². The van der Waals surface area contributed by atoms with Crippen LogP contribution >= 0.6 is 0 Å². The van der Waals surface area contributed by atoms with E-state index in [1.165, 1.54) is 5.56 Å². The Hall–Kier alpha value is -1.13. The second-order valence-corrected chi connectivity index (χ2v) is 4.68. The number of rotatable bonds is 3. The molecule has 1 aromatic heterocycles. The summed E-state index contributed by atoms with van der Waals surface area (Å²) in [4.78, 5) is 6.93. The van der Waals surface area contributed by atoms with Crippen molar-refractivity contribution in [3.05, 3.63) is 22.9 Å². The third-order valence-electron chi connectivity index (χ3n) is 3.44. The predicted molar refractivity (Wildman–Crippen MR) is 69.2 cm³/mol. The van der Waals surface area contributed by atoms with Gasteiger partial charge in [0.2, 0.25) is 0 Å². The molecule has 0 aromatic carbocycles. The van der Waals surface area contributed by atoms with Gasteiger partial charge in [-0.15, -0.1) is 0 Å². The predicted octanol–water partition coefficient (Wildman–Crippen LogP) is 1.38. The summed E-state index contributed by atoms with van der Waals surface area (Å²) in [6.07, 6.45) is 1.39. The number of nitrogens with two attached hydrogens (primary N) is 1. The van der Waals surface area contributed by atoms with E-state index in [1.54, 1.807) is 7.11 Å². The molecule has 0 radical (unpaired) electrons. The normalized spacial score (nSPS) is 20.0. The SMILES string of the molecule is COC1CCN(c2nc(C)cc(C)c2CN)C1. The summed E-state index contributed by atoms with van der Waals surface area (Å²) in [7, 11) is 1.77. The fourth-order valence-electron chi connectivity index (χ4n) is 2.47. The van der Waals surface area contributed by atoms with Crippen LogP contribution < -0.4 is 10.6 Å². The maximum absolute atomic E-state index is 5.84. The summed E-state index contributed by atoms with van der Waals surface area (Å²) in [6.45, 7) is 6.59. The second kappa shape index (κ2) is 5.02. The molecule has 1 saturated heterocycles. The first kappa shape index (κ1) is 12.3. The van der Waals surface area contributed by atoms with Gasteiger partial charge in [0.1, 0.15) is 5.82 Å². The van der Waals surface area contributed by atoms with E-state index < -0.39 is 0 Å². The highest BCUT2D eigenvalue weighted by molar-refractivity contribution is 5.52. The van der Waals surface area contributed by atoms with Crippen molar-refractivity contribution in [3.8, 4) is 0 Å². The lowest BCUT2D eigenvalue weighted by Gasteiger charge is -2.22. The van der Waals surface area contributed by atoms with Gasteiger partial charge in [-0.05, 0) is 31.9 Å². The van der Waals surface area contributed by atoms with Gasteiger partial charge in [-0.1, -0.05) is 0 Å². The molecule has 4 heteroatoms. The van der Waals surface area contributed by atoms with Gasteiger partial charge in [0, 0.05) is 38.0 Å². The van der Waals surface area contributed by atoms with Crippen molar-refractivity contribution >= 4 is 5.82 Å². The Bertz CT molecular complexity index is 406. The van der Waals surface area contributed by atoms with Crippen LogP contribution in [-0.2, 0) is 11.3 Å². The molecule has 1 aliphatic heterocycles. The minimum atomic E-state index is 0.322. The number of hydrogen-bond acceptors (Lipinski definition) is 4. The van der Waals surface area contributed by atoms with E-state index in [0.717, 1.165) is 36.6 Å². The molecule has 94 valence electrons. The van der Waals surface area contributed by atoms with Crippen molar-refractivity contribution < 1.29 is 4.74 Å². The average Bonchev–Trinajstić information content (AvgIpc) is 2.76. The fourth-order valence-corrected chi connectivity index (χ4v) is 2.47. The molecule has 0 bridgehead atoms. The average molecular weight is 235 g/mol. The van der Waals surface area contributed by atoms with Crippen LogP contribution in [0.5, 0.6) is 0 Å². The number of anilines is 1. The lowest BCUT2D eigenvalue weighted by molar-refractivity contribution is 0.121. The zero-order chi connectivity index (χ0) is 12.4. The molecule has 2 N–H and O–H groups in total. The zero-order valence-corrected chi connectivity index (χ0v) is 10.9. The number of ether oxygens (including phenoxy) is 1. The molecule has 0 spiro atoms. The van der Waals surface area contributed by atoms with Crippen LogP contribution in [0.25, 0.3) is 0 Å². The van der Waals surface area contributed by atoms with E-state index >= 15 is 0 Å². The monoisotopic (exact) mass is 235 g/mol. The van der Waals surface area contributed by atoms with Gasteiger partial charge in [0.15, 0.2) is 0 Å². The number of aromatic nitrogens is 1. The van der Waals surface area contributed by atoms with Crippen LogP contribution in [0.3, 0.4) is 0 Å². The standard InChI is InChI=1S/C13H21N3O/c1-9-6-10(2)15-13(12(9)7-14)16-5-4-11(8-16)17-3/h6,11H,4-5,7-8,14H2,1-3H3. The Morgan fingerprint density at radius 2 is 2.29 bits per heavy atom. The molecule has 0 saturated carbocycles. The second-order valence-electron chi connectivity index (χ2n) is 4.68. The van der Waals surface area contributed by atoms with Crippen molar-refractivity contribution in [2.75, 3.05) is 25.1 Å². The Morgan fingerprint density at radius 3 is 2.88 bits per heavy atom. The summed E-state index contributed by atoms with van der Waals surface area (Å²) in [5, 5.41) is 0. The summed E-state index contributed by atoms with van der Waals surface area (Å²) in [5.74, 6) is 1.05. The van der Waals surface area contributed by atoms with Gasteiger partial charge in [0.05, 0.1) is 6.10 Å². The maximum Gasteiger partial charge on any atom is 0.133 e. The largest absolute Gasteiger partial charge is 0.380 e. The van der Waals surface area contributed by atoms with Gasteiger partial charge >= 0.3 is 0 Å². The lowest BCUT2D eigenvalue weighted by atomic mass is 10.1. The number of methoxy groups -OCH3 is 1. The highest BCUT2D eigenvalue weighted by Gasteiger charge is 2.25. The summed E-state index contributed by atoms with van der Waals surface area (Å²) in [5.41, 5.74) is 9.28. The third-order valence-corrected chi connectivity index (χ3v) is 3.44. The first-order valence-electron chi connectivity index (χ1n) is 6.10. The van der Waals surface area contributed by atoms with Crippen molar-refractivity contribution in [1.82, 2.24) is 4.98 Å². The fraction of sp³-hybridized carbons (Fsp3) is 0.615. The van der Waals surface area contributed by atoms with Gasteiger partial charge in [0.25, 0.3) is 0 Å². The van der Waals surface area contributed by atoms with Crippen molar-refractivity contribution in [2.24, 2.45) is 5.73 Å². The molecule has 1 aliphatic rings. The Kier molecular flexibility index (Phi) is 3.64. The van der Waals surface area contributed by atoms with E-state index in [1.807, 2.05) is 6.92 Å². The molecular weight excluding hydrogens is 214 g/mol. The minimum absolute atomic E-state index is 0.322. The van der Waals surface area contributed by atoms with E-state index in [4.69, 9.17) is 10.5 Å². The highest BCUT2D eigenvalue weighted by atomic mass is 16.5. The van der Waals surface area contributed by atoms with Crippen molar-refractivity contribution in [2.45, 2.75) is 32.9 Å². The van der Waals surface area contributed by atoms with Crippen LogP contribution in [0, 0.1) is 13.8 Å². The molecule has 0 aliphatic carbocycles. The summed E-state index contributed by atoms with van der Waals surface area (Å²) < 4.78 is 5.40. The molecule has 2 heterocycles. The molecule has 17 heavy (non-hydrogen) atoms. The van der Waals surface area contributed by atoms with Gasteiger partial charge in [-0.2, -0.15) is 0 Å². The van der Waals surface area contributed by atoms with Crippen molar-refractivity contribution in [3.63, 3.8) is 0 Å². The van der Waals surface area contributed by atoms with Gasteiger partial charge in [-0.3, -0.25) is 0 Å². The van der Waals surface area contributed by atoms with E-state index in [0.29, 0.717) is 12.6 Å². The van der Waals surface area contributed by atoms with E-state index in [2.05, 4.69) is 22.9 Å². The number of pyridine rings is 1. The molecule has 0 amide bonds. The molecule has 1 aromatic rings. The first-order valence-corrected chi connectivity index (χ1v) is 6.10. The summed E-state index contributed by atoms with van der Waals surface area (Å²) >= 11 is 0. The van der Waals surface area contributed by atoms with Crippen LogP contribution in [0.1, 0.15) is 23.2 Å². The van der Waals surface area contributed by atoms with Crippen LogP contribution in [0.2, 0.25) is 0 Å². The van der Waals surface area contributed by atoms with Crippen LogP contribution in [-0.4, -0.2) is 31.3 Å². The number of nitrogens with zero attached hydrogens (tertiary/aromatic N) is 2. The van der Waals surface area contributed by atoms with E-state index in [9.17, 15) is 0 Å². The summed E-state index contributed by atoms with van der Waals surface area (Å²) in [6, 6.07) is 2.09. The van der Waals surface area contributed by atoms with Crippen molar-refractivity contribution in [1.29, 1.82) is 0 Å². The molecule has 2 rings (SSSR count). The quantitative estimate of drug-likeness (QED) is 0.860. The Balaban J connectivity index is 2.31. The van der Waals surface area contributed by atoms with E-state index in [-0.39, 0.29) is 0 Å². The van der Waals surface area contributed by atoms with Gasteiger partial charge < -0.3 is 15.4 Å². The molecule has 1 fully saturated rings. The van der Waals surface area contributed by atoms with Crippen LogP contribution in [0.15, 0.2) is 6.07 Å². The molecule has 1 unspecified atom stereocenters. The Labute approximate surface area is 103 Å². The lowest BCUT2D eigenvalue weighted by Crippen LogP contribution is -2.25. The third kappa shape index (κ3) is 2.42. The Morgan fingerprint density at radius 1 is 1.53 bits per heavy atom. The molecule has 1 atom stereocenters. The van der Waals surface area contributed by atoms with Gasteiger partial charge in [-0.25, -0.2) is 4.98 Å². The smallest absolute Gasteiger partial charge is 0.133 e. The highest BCUT2D eigenvalue weighted by Crippen LogP contribution is 2.26. The number of hydrogen-bond donors (Lipinski definition) is 1.